The van der Waals surface area contributed by atoms with Crippen LogP contribution in [0.3, 0.4) is 0 Å². The molecule has 0 aliphatic carbocycles. The fourth-order valence-electron chi connectivity index (χ4n) is 6.12. The standard InChI is InChI=1S/C40H24N2OS/c1-3-11-30-25(8-1)10-7-13-31(30)26-16-18-27(19-17-26)34-24-35(39-23-28-9-2-6-15-38(28)44-39)42-40(41-34)29-20-21-33-32-12-4-5-14-36(32)43-37(33)22-29/h1-24H. The fourth-order valence-corrected chi connectivity index (χ4v) is 7.14. The van der Waals surface area contributed by atoms with E-state index in [9.17, 15) is 0 Å². The van der Waals surface area contributed by atoms with Gasteiger partial charge in [-0.1, -0.05) is 109 Å². The maximum absolute atomic E-state index is 6.22. The molecule has 0 saturated carbocycles. The van der Waals surface area contributed by atoms with E-state index >= 15 is 0 Å². The lowest BCUT2D eigenvalue weighted by Gasteiger charge is -2.10. The van der Waals surface area contributed by atoms with E-state index in [1.807, 2.05) is 18.2 Å². The SMILES string of the molecule is c1ccc2sc(-c3cc(-c4ccc(-c5cccc6ccccc56)cc4)nc(-c4ccc5c(c4)oc4ccccc45)n3)cc2c1. The average Bonchev–Trinajstić information content (AvgIpc) is 3.69. The number of aromatic nitrogens is 2. The van der Waals surface area contributed by atoms with E-state index in [-0.39, 0.29) is 0 Å². The van der Waals surface area contributed by atoms with Crippen LogP contribution in [-0.2, 0) is 0 Å². The van der Waals surface area contributed by atoms with Gasteiger partial charge >= 0.3 is 0 Å². The predicted octanol–water partition coefficient (Wildman–Crippen LogP) is 11.4. The molecule has 0 saturated heterocycles. The highest BCUT2D eigenvalue weighted by atomic mass is 32.1. The highest BCUT2D eigenvalue weighted by Crippen LogP contribution is 2.37. The topological polar surface area (TPSA) is 38.9 Å². The van der Waals surface area contributed by atoms with Gasteiger partial charge in [-0.3, -0.25) is 0 Å². The normalized spacial score (nSPS) is 11.6. The minimum atomic E-state index is 0.676. The zero-order valence-electron chi connectivity index (χ0n) is 23.6. The highest BCUT2D eigenvalue weighted by Gasteiger charge is 2.15. The smallest absolute Gasteiger partial charge is 0.160 e. The summed E-state index contributed by atoms with van der Waals surface area (Å²) in [5.41, 5.74) is 7.89. The minimum Gasteiger partial charge on any atom is -0.456 e. The molecule has 0 N–H and O–H groups in total. The molecule has 206 valence electrons. The minimum absolute atomic E-state index is 0.676. The first-order chi connectivity index (χ1) is 21.8. The van der Waals surface area contributed by atoms with Gasteiger partial charge in [0.15, 0.2) is 5.82 Å². The van der Waals surface area contributed by atoms with Crippen LogP contribution in [0.1, 0.15) is 0 Å². The molecule has 0 fully saturated rings. The molecule has 0 atom stereocenters. The van der Waals surface area contributed by atoms with Crippen LogP contribution in [0.5, 0.6) is 0 Å². The summed E-state index contributed by atoms with van der Waals surface area (Å²) < 4.78 is 7.46. The molecule has 0 radical (unpaired) electrons. The first kappa shape index (κ1) is 25.0. The Morgan fingerprint density at radius 2 is 1.14 bits per heavy atom. The first-order valence-corrected chi connectivity index (χ1v) is 15.5. The predicted molar refractivity (Wildman–Crippen MR) is 184 cm³/mol. The van der Waals surface area contributed by atoms with E-state index in [0.717, 1.165) is 49.3 Å². The monoisotopic (exact) mass is 580 g/mol. The lowest BCUT2D eigenvalue weighted by molar-refractivity contribution is 0.669. The van der Waals surface area contributed by atoms with Gasteiger partial charge in [-0.15, -0.1) is 11.3 Å². The summed E-state index contributed by atoms with van der Waals surface area (Å²) in [5.74, 6) is 0.676. The summed E-state index contributed by atoms with van der Waals surface area (Å²) in [6.45, 7) is 0. The molecule has 3 heterocycles. The van der Waals surface area contributed by atoms with Gasteiger partial charge in [0.05, 0.1) is 16.3 Å². The van der Waals surface area contributed by atoms with Gasteiger partial charge in [0.25, 0.3) is 0 Å². The van der Waals surface area contributed by atoms with Gasteiger partial charge in [0.2, 0.25) is 0 Å². The second-order valence-electron chi connectivity index (χ2n) is 11.0. The Bertz CT molecular complexity index is 2470. The maximum atomic E-state index is 6.22. The van der Waals surface area contributed by atoms with Gasteiger partial charge in [-0.05, 0) is 63.7 Å². The third-order valence-corrected chi connectivity index (χ3v) is 9.46. The molecule has 3 nitrogen and oxygen atoms in total. The lowest BCUT2D eigenvalue weighted by Crippen LogP contribution is -1.95. The van der Waals surface area contributed by atoms with Crippen molar-refractivity contribution < 1.29 is 4.42 Å². The molecular formula is C40H24N2OS. The van der Waals surface area contributed by atoms with Crippen LogP contribution < -0.4 is 0 Å². The number of furan rings is 1. The van der Waals surface area contributed by atoms with Crippen molar-refractivity contribution in [2.45, 2.75) is 0 Å². The third-order valence-electron chi connectivity index (χ3n) is 8.32. The summed E-state index contributed by atoms with van der Waals surface area (Å²) in [6.07, 6.45) is 0. The summed E-state index contributed by atoms with van der Waals surface area (Å²) in [4.78, 5) is 11.3. The van der Waals surface area contributed by atoms with Crippen molar-refractivity contribution in [3.63, 3.8) is 0 Å². The fraction of sp³-hybridized carbons (Fsp3) is 0. The number of hydrogen-bond donors (Lipinski definition) is 0. The molecule has 3 aromatic heterocycles. The molecule has 6 aromatic carbocycles. The van der Waals surface area contributed by atoms with Crippen molar-refractivity contribution in [3.05, 3.63) is 146 Å². The molecule has 4 heteroatoms. The number of thiophene rings is 1. The number of hydrogen-bond acceptors (Lipinski definition) is 4. The highest BCUT2D eigenvalue weighted by molar-refractivity contribution is 7.22. The Morgan fingerprint density at radius 3 is 2.02 bits per heavy atom. The van der Waals surface area contributed by atoms with Crippen LogP contribution in [0.4, 0.5) is 0 Å². The first-order valence-electron chi connectivity index (χ1n) is 14.7. The second kappa shape index (κ2) is 10.0. The van der Waals surface area contributed by atoms with E-state index in [4.69, 9.17) is 14.4 Å². The molecule has 0 aliphatic rings. The van der Waals surface area contributed by atoms with Crippen LogP contribution in [0.15, 0.2) is 150 Å². The van der Waals surface area contributed by atoms with E-state index in [2.05, 4.69) is 127 Å². The Kier molecular flexibility index (Phi) is 5.68. The summed E-state index contributed by atoms with van der Waals surface area (Å²) in [7, 11) is 0. The van der Waals surface area contributed by atoms with Crippen LogP contribution >= 0.6 is 11.3 Å². The number of para-hydroxylation sites is 1. The van der Waals surface area contributed by atoms with Gasteiger partial charge in [0, 0.05) is 26.6 Å². The average molecular weight is 581 g/mol. The van der Waals surface area contributed by atoms with Gasteiger partial charge < -0.3 is 4.42 Å². The van der Waals surface area contributed by atoms with Gasteiger partial charge in [0.1, 0.15) is 11.2 Å². The Labute approximate surface area is 257 Å². The van der Waals surface area contributed by atoms with E-state index in [1.165, 1.54) is 32.0 Å². The van der Waals surface area contributed by atoms with Gasteiger partial charge in [-0.25, -0.2) is 9.97 Å². The summed E-state index contributed by atoms with van der Waals surface area (Å²) in [6, 6.07) is 51.0. The van der Waals surface area contributed by atoms with Crippen molar-refractivity contribution in [3.8, 4) is 44.3 Å². The third kappa shape index (κ3) is 4.19. The molecular weight excluding hydrogens is 557 g/mol. The Balaban J connectivity index is 1.19. The zero-order valence-corrected chi connectivity index (χ0v) is 24.4. The van der Waals surface area contributed by atoms with Crippen LogP contribution in [0.25, 0.3) is 87.1 Å². The summed E-state index contributed by atoms with van der Waals surface area (Å²) in [5, 5.41) is 5.91. The molecule has 9 aromatic rings. The number of rotatable bonds is 4. The van der Waals surface area contributed by atoms with E-state index < -0.39 is 0 Å². The van der Waals surface area contributed by atoms with Crippen molar-refractivity contribution in [2.75, 3.05) is 0 Å². The van der Waals surface area contributed by atoms with Crippen LogP contribution in [-0.4, -0.2) is 9.97 Å². The maximum Gasteiger partial charge on any atom is 0.160 e. The molecule has 0 bridgehead atoms. The number of fused-ring (bicyclic) bond motifs is 5. The van der Waals surface area contributed by atoms with E-state index in [1.54, 1.807) is 11.3 Å². The van der Waals surface area contributed by atoms with Crippen molar-refractivity contribution in [1.29, 1.82) is 0 Å². The van der Waals surface area contributed by atoms with Crippen molar-refractivity contribution in [2.24, 2.45) is 0 Å². The quantitative estimate of drug-likeness (QED) is 0.208. The van der Waals surface area contributed by atoms with E-state index in [0.29, 0.717) is 5.82 Å². The number of nitrogens with zero attached hydrogens (tertiary/aromatic N) is 2. The molecule has 0 unspecified atom stereocenters. The Hall–Kier alpha value is -5.58. The molecule has 44 heavy (non-hydrogen) atoms. The molecule has 9 rings (SSSR count). The zero-order chi connectivity index (χ0) is 29.0. The molecule has 0 amide bonds. The Morgan fingerprint density at radius 1 is 0.455 bits per heavy atom. The van der Waals surface area contributed by atoms with Crippen LogP contribution in [0.2, 0.25) is 0 Å². The van der Waals surface area contributed by atoms with Crippen molar-refractivity contribution >= 4 is 54.1 Å². The largest absolute Gasteiger partial charge is 0.456 e. The van der Waals surface area contributed by atoms with Crippen LogP contribution in [0, 0.1) is 0 Å². The lowest BCUT2D eigenvalue weighted by atomic mass is 9.97. The second-order valence-corrected chi connectivity index (χ2v) is 12.1. The summed E-state index contributed by atoms with van der Waals surface area (Å²) >= 11 is 1.76. The number of benzene rings is 6. The van der Waals surface area contributed by atoms with Gasteiger partial charge in [-0.2, -0.15) is 0 Å². The molecule has 0 aliphatic heterocycles. The molecule has 0 spiro atoms. The van der Waals surface area contributed by atoms with Crippen molar-refractivity contribution in [1.82, 2.24) is 9.97 Å².